The molecule has 0 bridgehead atoms. The van der Waals surface area contributed by atoms with Gasteiger partial charge in [0.1, 0.15) is 18.3 Å². The van der Waals surface area contributed by atoms with Crippen molar-refractivity contribution in [1.82, 2.24) is 4.90 Å². The normalized spacial score (nSPS) is 17.4. The Morgan fingerprint density at radius 3 is 3.00 bits per heavy atom. The maximum absolute atomic E-state index is 12.4. The molecule has 0 aliphatic carbocycles. The van der Waals surface area contributed by atoms with E-state index in [1.165, 1.54) is 0 Å². The zero-order valence-electron chi connectivity index (χ0n) is 9.86. The summed E-state index contributed by atoms with van der Waals surface area (Å²) in [5.74, 6) is 0.878. The van der Waals surface area contributed by atoms with Crippen molar-refractivity contribution >= 4 is 21.8 Å². The number of halogens is 1. The number of nitrogens with zero attached hydrogens (tertiary/aromatic N) is 1. The maximum Gasteiger partial charge on any atom is 0.233 e. The number of carbonyl (C=O) groups excluding carboxylic acids is 1. The number of likely N-dealkylation sites (N-methyl/N-ethyl adjacent to an activating group) is 1. The molecule has 3 nitrogen and oxygen atoms in total. The van der Waals surface area contributed by atoms with Crippen molar-refractivity contribution in [3.05, 3.63) is 29.8 Å². The molecule has 0 saturated carbocycles. The van der Waals surface area contributed by atoms with Gasteiger partial charge in [-0.15, -0.1) is 0 Å². The monoisotopic (exact) mass is 297 g/mol. The van der Waals surface area contributed by atoms with E-state index in [2.05, 4.69) is 15.9 Å². The number of benzene rings is 1. The largest absolute Gasteiger partial charge is 0.492 e. The van der Waals surface area contributed by atoms with E-state index in [-0.39, 0.29) is 11.8 Å². The van der Waals surface area contributed by atoms with Gasteiger partial charge in [0.25, 0.3) is 0 Å². The summed E-state index contributed by atoms with van der Waals surface area (Å²) < 4.78 is 5.55. The predicted molar refractivity (Wildman–Crippen MR) is 70.7 cm³/mol. The molecule has 0 spiro atoms. The van der Waals surface area contributed by atoms with Crippen molar-refractivity contribution in [3.8, 4) is 5.75 Å². The highest BCUT2D eigenvalue weighted by atomic mass is 79.9. The molecular weight excluding hydrogens is 282 g/mol. The third-order valence-electron chi connectivity index (χ3n) is 3.05. The number of para-hydroxylation sites is 1. The predicted octanol–water partition coefficient (Wildman–Crippen LogP) is 2.41. The highest BCUT2D eigenvalue weighted by Crippen LogP contribution is 2.34. The van der Waals surface area contributed by atoms with E-state index < -0.39 is 0 Å². The first kappa shape index (κ1) is 12.4. The Balaban J connectivity index is 2.16. The molecule has 0 N–H and O–H groups in total. The Bertz CT molecular complexity index is 408. The van der Waals surface area contributed by atoms with Crippen LogP contribution in [0.15, 0.2) is 24.3 Å². The summed E-state index contributed by atoms with van der Waals surface area (Å²) in [5, 5.41) is 0.807. The number of rotatable bonds is 4. The van der Waals surface area contributed by atoms with Gasteiger partial charge >= 0.3 is 0 Å². The van der Waals surface area contributed by atoms with Gasteiger partial charge in [-0.2, -0.15) is 0 Å². The second kappa shape index (κ2) is 5.54. The molecule has 0 radical (unpaired) electrons. The molecule has 1 aliphatic heterocycles. The van der Waals surface area contributed by atoms with Crippen molar-refractivity contribution < 1.29 is 9.53 Å². The molecule has 1 unspecified atom stereocenters. The standard InChI is InChI=1S/C13H16BrNO2/c1-2-15(8-7-14)13(16)11-9-17-12-6-4-3-5-10(11)12/h3-6,11H,2,7-9H2,1H3. The van der Waals surface area contributed by atoms with Crippen molar-refractivity contribution in [2.24, 2.45) is 0 Å². The lowest BCUT2D eigenvalue weighted by atomic mass is 10.00. The van der Waals surface area contributed by atoms with Crippen LogP contribution in [-0.4, -0.2) is 35.8 Å². The number of fused-ring (bicyclic) bond motifs is 1. The van der Waals surface area contributed by atoms with Crippen LogP contribution >= 0.6 is 15.9 Å². The Labute approximate surface area is 110 Å². The average molecular weight is 298 g/mol. The van der Waals surface area contributed by atoms with Gasteiger partial charge in [0.05, 0.1) is 0 Å². The minimum absolute atomic E-state index is 0.134. The van der Waals surface area contributed by atoms with E-state index in [1.54, 1.807) is 0 Å². The molecule has 4 heteroatoms. The number of hydrogen-bond acceptors (Lipinski definition) is 2. The molecule has 1 amide bonds. The van der Waals surface area contributed by atoms with Crippen LogP contribution in [0, 0.1) is 0 Å². The highest BCUT2D eigenvalue weighted by molar-refractivity contribution is 9.09. The van der Waals surface area contributed by atoms with Crippen LogP contribution in [0.25, 0.3) is 0 Å². The lowest BCUT2D eigenvalue weighted by molar-refractivity contribution is -0.132. The van der Waals surface area contributed by atoms with Crippen molar-refractivity contribution in [3.63, 3.8) is 0 Å². The number of hydrogen-bond donors (Lipinski definition) is 0. The molecule has 0 aromatic heterocycles. The van der Waals surface area contributed by atoms with Crippen LogP contribution in [0.5, 0.6) is 5.75 Å². The Kier molecular flexibility index (Phi) is 4.05. The second-order valence-corrected chi connectivity index (χ2v) is 4.80. The Hall–Kier alpha value is -1.03. The van der Waals surface area contributed by atoms with Crippen LogP contribution in [-0.2, 0) is 4.79 Å². The molecule has 17 heavy (non-hydrogen) atoms. The Morgan fingerprint density at radius 1 is 1.53 bits per heavy atom. The SMILES string of the molecule is CCN(CCBr)C(=O)C1COc2ccccc21. The average Bonchev–Trinajstić information content (AvgIpc) is 2.79. The fraction of sp³-hybridized carbons (Fsp3) is 0.462. The second-order valence-electron chi connectivity index (χ2n) is 4.01. The zero-order chi connectivity index (χ0) is 12.3. The van der Waals surface area contributed by atoms with Crippen molar-refractivity contribution in [2.45, 2.75) is 12.8 Å². The molecule has 0 fully saturated rings. The van der Waals surface area contributed by atoms with Gasteiger partial charge in [0.15, 0.2) is 0 Å². The molecule has 1 aliphatic rings. The van der Waals surface area contributed by atoms with E-state index in [0.717, 1.165) is 29.7 Å². The fourth-order valence-electron chi connectivity index (χ4n) is 2.11. The van der Waals surface area contributed by atoms with E-state index in [9.17, 15) is 4.79 Å². The van der Waals surface area contributed by atoms with Crippen LogP contribution in [0.1, 0.15) is 18.4 Å². The molecule has 2 rings (SSSR count). The highest BCUT2D eigenvalue weighted by Gasteiger charge is 2.32. The Morgan fingerprint density at radius 2 is 2.29 bits per heavy atom. The summed E-state index contributed by atoms with van der Waals surface area (Å²) in [5.41, 5.74) is 1.02. The van der Waals surface area contributed by atoms with E-state index >= 15 is 0 Å². The van der Waals surface area contributed by atoms with Gasteiger partial charge in [-0.05, 0) is 13.0 Å². The van der Waals surface area contributed by atoms with Gasteiger partial charge in [0.2, 0.25) is 5.91 Å². The maximum atomic E-state index is 12.4. The van der Waals surface area contributed by atoms with Gasteiger partial charge in [-0.25, -0.2) is 0 Å². The van der Waals surface area contributed by atoms with Crippen LogP contribution in [0.4, 0.5) is 0 Å². The summed E-state index contributed by atoms with van der Waals surface area (Å²) in [6, 6.07) is 7.78. The molecule has 1 aromatic rings. The lowest BCUT2D eigenvalue weighted by Gasteiger charge is -2.22. The quantitative estimate of drug-likeness (QED) is 0.799. The third kappa shape index (κ3) is 2.46. The van der Waals surface area contributed by atoms with Crippen molar-refractivity contribution in [2.75, 3.05) is 25.0 Å². The van der Waals surface area contributed by atoms with Crippen LogP contribution in [0.3, 0.4) is 0 Å². The first-order valence-corrected chi connectivity index (χ1v) is 6.96. The summed E-state index contributed by atoms with van der Waals surface area (Å²) in [4.78, 5) is 14.2. The van der Waals surface area contributed by atoms with Crippen LogP contribution in [0.2, 0.25) is 0 Å². The molecular formula is C13H16BrNO2. The van der Waals surface area contributed by atoms with Crippen molar-refractivity contribution in [1.29, 1.82) is 0 Å². The summed E-state index contributed by atoms with van der Waals surface area (Å²) >= 11 is 3.37. The van der Waals surface area contributed by atoms with Crippen LogP contribution < -0.4 is 4.74 Å². The van der Waals surface area contributed by atoms with E-state index in [0.29, 0.717) is 6.61 Å². The minimum Gasteiger partial charge on any atom is -0.492 e. The lowest BCUT2D eigenvalue weighted by Crippen LogP contribution is -2.36. The molecule has 1 heterocycles. The van der Waals surface area contributed by atoms with Gasteiger partial charge in [-0.3, -0.25) is 4.79 Å². The molecule has 92 valence electrons. The van der Waals surface area contributed by atoms with Gasteiger partial charge in [0, 0.05) is 24.0 Å². The van der Waals surface area contributed by atoms with E-state index in [4.69, 9.17) is 4.74 Å². The summed E-state index contributed by atoms with van der Waals surface area (Å²) in [6.45, 7) is 3.95. The number of alkyl halides is 1. The third-order valence-corrected chi connectivity index (χ3v) is 3.40. The zero-order valence-corrected chi connectivity index (χ0v) is 11.4. The smallest absolute Gasteiger partial charge is 0.233 e. The number of ether oxygens (including phenoxy) is 1. The summed E-state index contributed by atoms with van der Waals surface area (Å²) in [7, 11) is 0. The summed E-state index contributed by atoms with van der Waals surface area (Å²) in [6.07, 6.45) is 0. The molecule has 0 saturated heterocycles. The van der Waals surface area contributed by atoms with Gasteiger partial charge in [-0.1, -0.05) is 34.1 Å². The number of carbonyl (C=O) groups is 1. The molecule has 1 aromatic carbocycles. The first-order chi connectivity index (χ1) is 8.27. The molecule has 1 atom stereocenters. The topological polar surface area (TPSA) is 29.5 Å². The fourth-order valence-corrected chi connectivity index (χ4v) is 2.54. The van der Waals surface area contributed by atoms with E-state index in [1.807, 2.05) is 36.1 Å². The first-order valence-electron chi connectivity index (χ1n) is 5.84. The van der Waals surface area contributed by atoms with Gasteiger partial charge < -0.3 is 9.64 Å². The number of amides is 1. The minimum atomic E-state index is -0.134.